The SMILES string of the molecule is CCOc1cc(/C=N\NC(=O)COc2ccc([C@H](C)CC)cc2)cc([N+](=O)[O-])c1[O-]. The predicted molar refractivity (Wildman–Crippen MR) is 110 cm³/mol. The van der Waals surface area contributed by atoms with E-state index in [4.69, 9.17) is 9.47 Å². The molecule has 1 amide bonds. The Bertz CT molecular complexity index is 912. The topological polar surface area (TPSA) is 126 Å². The Kier molecular flexibility index (Phi) is 8.16. The van der Waals surface area contributed by atoms with Gasteiger partial charge in [-0.25, -0.2) is 5.43 Å². The molecule has 2 rings (SSSR count). The molecule has 0 aliphatic rings. The molecule has 0 unspecified atom stereocenters. The van der Waals surface area contributed by atoms with Crippen LogP contribution in [-0.2, 0) is 4.79 Å². The third-order valence-electron chi connectivity index (χ3n) is 4.39. The summed E-state index contributed by atoms with van der Waals surface area (Å²) >= 11 is 0. The van der Waals surface area contributed by atoms with Crippen molar-refractivity contribution in [3.63, 3.8) is 0 Å². The van der Waals surface area contributed by atoms with Crippen molar-refractivity contribution >= 4 is 17.8 Å². The lowest BCUT2D eigenvalue weighted by molar-refractivity contribution is -0.398. The normalized spacial score (nSPS) is 11.8. The van der Waals surface area contributed by atoms with Gasteiger partial charge in [-0.15, -0.1) is 0 Å². The first-order valence-electron chi connectivity index (χ1n) is 9.52. The summed E-state index contributed by atoms with van der Waals surface area (Å²) in [4.78, 5) is 22.1. The molecule has 160 valence electrons. The van der Waals surface area contributed by atoms with Crippen LogP contribution in [0.25, 0.3) is 0 Å². The van der Waals surface area contributed by atoms with Crippen LogP contribution in [-0.4, -0.2) is 30.3 Å². The van der Waals surface area contributed by atoms with Crippen LogP contribution in [0.2, 0.25) is 0 Å². The Morgan fingerprint density at radius 3 is 2.53 bits per heavy atom. The number of amides is 1. The molecule has 2 aromatic rings. The minimum Gasteiger partial charge on any atom is -0.865 e. The summed E-state index contributed by atoms with van der Waals surface area (Å²) < 4.78 is 10.5. The lowest BCUT2D eigenvalue weighted by Crippen LogP contribution is -2.24. The van der Waals surface area contributed by atoms with E-state index in [2.05, 4.69) is 24.4 Å². The molecular weight excluding hydrogens is 390 g/mol. The first-order valence-corrected chi connectivity index (χ1v) is 9.52. The van der Waals surface area contributed by atoms with Gasteiger partial charge in [-0.2, -0.15) is 5.10 Å². The van der Waals surface area contributed by atoms with Crippen LogP contribution in [0.1, 0.15) is 44.2 Å². The summed E-state index contributed by atoms with van der Waals surface area (Å²) in [6.07, 6.45) is 2.22. The molecule has 0 aliphatic heterocycles. The zero-order valence-electron chi connectivity index (χ0n) is 17.1. The number of nitrogens with zero attached hydrogens (tertiary/aromatic N) is 2. The molecule has 2 aromatic carbocycles. The van der Waals surface area contributed by atoms with E-state index in [1.54, 1.807) is 19.1 Å². The Morgan fingerprint density at radius 2 is 1.93 bits per heavy atom. The molecule has 9 heteroatoms. The fourth-order valence-electron chi connectivity index (χ4n) is 2.57. The number of hydrogen-bond donors (Lipinski definition) is 1. The maximum Gasteiger partial charge on any atom is 0.277 e. The van der Waals surface area contributed by atoms with Crippen molar-refractivity contribution < 1.29 is 24.3 Å². The molecule has 0 saturated carbocycles. The average molecular weight is 414 g/mol. The third-order valence-corrected chi connectivity index (χ3v) is 4.39. The Balaban J connectivity index is 1.95. The van der Waals surface area contributed by atoms with Gasteiger partial charge in [-0.3, -0.25) is 14.9 Å². The Labute approximate surface area is 174 Å². The van der Waals surface area contributed by atoms with Crippen molar-refractivity contribution in [1.82, 2.24) is 5.43 Å². The Morgan fingerprint density at radius 1 is 1.23 bits per heavy atom. The van der Waals surface area contributed by atoms with E-state index in [0.717, 1.165) is 12.5 Å². The molecule has 0 aromatic heterocycles. The van der Waals surface area contributed by atoms with Crippen molar-refractivity contribution in [3.8, 4) is 17.2 Å². The highest BCUT2D eigenvalue weighted by Crippen LogP contribution is 2.34. The number of nitro benzene ring substituents is 1. The monoisotopic (exact) mass is 414 g/mol. The second kappa shape index (κ2) is 10.8. The molecule has 30 heavy (non-hydrogen) atoms. The number of benzene rings is 2. The summed E-state index contributed by atoms with van der Waals surface area (Å²) in [6.45, 7) is 5.84. The molecule has 0 saturated heterocycles. The zero-order valence-corrected chi connectivity index (χ0v) is 17.1. The van der Waals surface area contributed by atoms with Crippen LogP contribution in [0.3, 0.4) is 0 Å². The third kappa shape index (κ3) is 6.20. The molecule has 9 nitrogen and oxygen atoms in total. The average Bonchev–Trinajstić information content (AvgIpc) is 2.74. The smallest absolute Gasteiger partial charge is 0.277 e. The summed E-state index contributed by atoms with van der Waals surface area (Å²) in [6, 6.07) is 9.91. The van der Waals surface area contributed by atoms with E-state index in [1.807, 2.05) is 12.1 Å². The van der Waals surface area contributed by atoms with Gasteiger partial charge < -0.3 is 14.6 Å². The number of rotatable bonds is 10. The largest absolute Gasteiger partial charge is 0.865 e. The van der Waals surface area contributed by atoms with Gasteiger partial charge in [-0.1, -0.05) is 26.0 Å². The highest BCUT2D eigenvalue weighted by molar-refractivity contribution is 5.85. The lowest BCUT2D eigenvalue weighted by atomic mass is 9.99. The number of hydrazone groups is 1. The van der Waals surface area contributed by atoms with E-state index in [-0.39, 0.29) is 24.5 Å². The number of nitro groups is 1. The van der Waals surface area contributed by atoms with Gasteiger partial charge in [0.15, 0.2) is 6.61 Å². The van der Waals surface area contributed by atoms with Crippen molar-refractivity contribution in [3.05, 3.63) is 57.6 Å². The summed E-state index contributed by atoms with van der Waals surface area (Å²) in [7, 11) is 0. The minimum absolute atomic E-state index is 0.149. The molecule has 1 atom stereocenters. The quantitative estimate of drug-likeness (QED) is 0.362. The summed E-state index contributed by atoms with van der Waals surface area (Å²) in [5.74, 6) is -0.452. The van der Waals surface area contributed by atoms with Crippen LogP contribution in [0.15, 0.2) is 41.5 Å². The number of nitrogens with one attached hydrogen (secondary N) is 1. The standard InChI is InChI=1S/C21H25N3O6/c1-4-14(3)16-6-8-17(9-7-16)30-13-20(25)23-22-12-15-10-18(24(27)28)21(26)19(11-15)29-5-2/h6-12,14,26H,4-5,13H2,1-3H3,(H,23,25)/p-1/b22-12-/t14-/m1/s1. The highest BCUT2D eigenvalue weighted by atomic mass is 16.6. The van der Waals surface area contributed by atoms with E-state index in [9.17, 15) is 20.0 Å². The molecule has 0 spiro atoms. The maximum absolute atomic E-state index is 11.9. The first kappa shape index (κ1) is 22.7. The second-order valence-corrected chi connectivity index (χ2v) is 6.52. The fourth-order valence-corrected chi connectivity index (χ4v) is 2.57. The zero-order chi connectivity index (χ0) is 22.1. The molecule has 0 fully saturated rings. The van der Waals surface area contributed by atoms with Crippen molar-refractivity contribution in [2.45, 2.75) is 33.1 Å². The van der Waals surface area contributed by atoms with Gasteiger partial charge in [0.25, 0.3) is 11.6 Å². The van der Waals surface area contributed by atoms with E-state index < -0.39 is 22.3 Å². The number of ether oxygens (including phenoxy) is 2. The van der Waals surface area contributed by atoms with Crippen LogP contribution in [0, 0.1) is 10.1 Å². The first-order chi connectivity index (χ1) is 14.3. The van der Waals surface area contributed by atoms with Crippen LogP contribution >= 0.6 is 0 Å². The van der Waals surface area contributed by atoms with Crippen molar-refractivity contribution in [1.29, 1.82) is 0 Å². The summed E-state index contributed by atoms with van der Waals surface area (Å²) in [5, 5.41) is 26.7. The van der Waals surface area contributed by atoms with Crippen LogP contribution in [0.5, 0.6) is 17.2 Å². The van der Waals surface area contributed by atoms with Crippen molar-refractivity contribution in [2.24, 2.45) is 5.10 Å². The Hall–Kier alpha value is -3.62. The molecule has 0 bridgehead atoms. The molecular formula is C21H24N3O6-. The van der Waals surface area contributed by atoms with E-state index in [1.165, 1.54) is 17.8 Å². The van der Waals surface area contributed by atoms with Crippen molar-refractivity contribution in [2.75, 3.05) is 13.2 Å². The second-order valence-electron chi connectivity index (χ2n) is 6.52. The van der Waals surface area contributed by atoms with Crippen LogP contribution in [0.4, 0.5) is 5.69 Å². The van der Waals surface area contributed by atoms with Gasteiger partial charge in [0.1, 0.15) is 11.5 Å². The van der Waals surface area contributed by atoms with Gasteiger partial charge in [-0.05, 0) is 43.0 Å². The fraction of sp³-hybridized carbons (Fsp3) is 0.333. The molecule has 0 heterocycles. The molecule has 0 aliphatic carbocycles. The maximum atomic E-state index is 11.9. The van der Waals surface area contributed by atoms with Gasteiger partial charge in [0.05, 0.1) is 17.7 Å². The highest BCUT2D eigenvalue weighted by Gasteiger charge is 2.13. The van der Waals surface area contributed by atoms with E-state index >= 15 is 0 Å². The van der Waals surface area contributed by atoms with Gasteiger partial charge in [0.2, 0.25) is 0 Å². The lowest BCUT2D eigenvalue weighted by Gasteiger charge is -2.14. The number of hydrogen-bond acceptors (Lipinski definition) is 7. The number of carbonyl (C=O) groups is 1. The minimum atomic E-state index is -0.809. The van der Waals surface area contributed by atoms with Gasteiger partial charge >= 0.3 is 0 Å². The van der Waals surface area contributed by atoms with E-state index in [0.29, 0.717) is 11.7 Å². The summed E-state index contributed by atoms with van der Waals surface area (Å²) in [5.41, 5.74) is 3.08. The molecule has 1 N–H and O–H groups in total. The van der Waals surface area contributed by atoms with Gasteiger partial charge in [0, 0.05) is 17.4 Å². The number of carbonyl (C=O) groups excluding carboxylic acids is 1. The van der Waals surface area contributed by atoms with Crippen LogP contribution < -0.4 is 20.0 Å². The molecule has 0 radical (unpaired) electrons. The predicted octanol–water partition coefficient (Wildman–Crippen LogP) is 3.11.